The monoisotopic (exact) mass is 469 g/mol. The van der Waals surface area contributed by atoms with E-state index in [0.717, 1.165) is 20.9 Å². The molecule has 1 fully saturated rings. The van der Waals surface area contributed by atoms with E-state index in [0.29, 0.717) is 16.5 Å². The van der Waals surface area contributed by atoms with Crippen LogP contribution in [0, 0.1) is 0 Å². The highest BCUT2D eigenvalue weighted by Crippen LogP contribution is 2.29. The van der Waals surface area contributed by atoms with E-state index in [1.54, 1.807) is 10.6 Å². The number of fused-ring (bicyclic) bond motifs is 1. The van der Waals surface area contributed by atoms with E-state index >= 15 is 0 Å². The van der Waals surface area contributed by atoms with E-state index in [4.69, 9.17) is 17.0 Å². The summed E-state index contributed by atoms with van der Waals surface area (Å²) in [6.45, 7) is 0.0771. The maximum absolute atomic E-state index is 13.0. The van der Waals surface area contributed by atoms with Crippen LogP contribution in [0.15, 0.2) is 64.9 Å². The van der Waals surface area contributed by atoms with Crippen molar-refractivity contribution in [3.8, 4) is 0 Å². The van der Waals surface area contributed by atoms with Crippen molar-refractivity contribution in [3.63, 3.8) is 0 Å². The Balaban J connectivity index is 1.76. The Hall–Kier alpha value is -2.97. The lowest BCUT2D eigenvalue weighted by Crippen LogP contribution is -2.30. The Morgan fingerprint density at radius 3 is 2.72 bits per heavy atom. The molecule has 2 aromatic carbocycles. The number of thiocarbonyl (C=S) groups is 1. The summed E-state index contributed by atoms with van der Waals surface area (Å²) in [6.07, 6.45) is 3.57. The summed E-state index contributed by atoms with van der Waals surface area (Å²) in [4.78, 5) is 26.2. The van der Waals surface area contributed by atoms with Gasteiger partial charge < -0.3 is 14.6 Å². The number of amides is 1. The number of hydrogen-bond donors (Lipinski definition) is 1. The van der Waals surface area contributed by atoms with Crippen molar-refractivity contribution in [2.75, 3.05) is 12.0 Å². The first-order valence-electron chi connectivity index (χ1n) is 8.75. The Kier molecular flexibility index (Phi) is 5.21. The molecular weight excluding hydrogens is 454 g/mol. The molecule has 0 unspecified atom stereocenters. The molecule has 146 valence electrons. The SMILES string of the molecule is COC(=O)Cn1cc(/C=C2\NC(=S)N(c3ccccc3)C2=O)c2cc(Br)ccc21. The molecule has 3 aromatic rings. The number of aromatic nitrogens is 1. The highest BCUT2D eigenvalue weighted by molar-refractivity contribution is 9.10. The van der Waals surface area contributed by atoms with Crippen LogP contribution in [0.4, 0.5) is 5.69 Å². The number of nitrogens with zero attached hydrogens (tertiary/aromatic N) is 2. The van der Waals surface area contributed by atoms with Crippen LogP contribution in [0.5, 0.6) is 0 Å². The van der Waals surface area contributed by atoms with Crippen molar-refractivity contribution < 1.29 is 14.3 Å². The number of hydrogen-bond acceptors (Lipinski definition) is 4. The maximum atomic E-state index is 13.0. The number of carbonyl (C=O) groups is 2. The van der Waals surface area contributed by atoms with Gasteiger partial charge in [0.25, 0.3) is 5.91 Å². The number of nitrogens with one attached hydrogen (secondary N) is 1. The van der Waals surface area contributed by atoms with E-state index in [1.807, 2.05) is 54.7 Å². The minimum absolute atomic E-state index is 0.0771. The molecule has 8 heteroatoms. The second-order valence-electron chi connectivity index (χ2n) is 6.41. The molecule has 0 saturated carbocycles. The first kappa shape index (κ1) is 19.4. The van der Waals surface area contributed by atoms with Crippen molar-refractivity contribution in [1.82, 2.24) is 9.88 Å². The van der Waals surface area contributed by atoms with E-state index in [2.05, 4.69) is 21.2 Å². The largest absolute Gasteiger partial charge is 0.468 e. The second-order valence-corrected chi connectivity index (χ2v) is 7.72. The van der Waals surface area contributed by atoms with Gasteiger partial charge in [0.2, 0.25) is 0 Å². The van der Waals surface area contributed by atoms with Crippen molar-refractivity contribution in [1.29, 1.82) is 0 Å². The first-order chi connectivity index (χ1) is 14.0. The number of benzene rings is 2. The summed E-state index contributed by atoms with van der Waals surface area (Å²) in [6, 6.07) is 15.0. The van der Waals surface area contributed by atoms with Crippen molar-refractivity contribution in [2.45, 2.75) is 6.54 Å². The summed E-state index contributed by atoms with van der Waals surface area (Å²) >= 11 is 8.85. The molecule has 4 rings (SSSR count). The molecule has 1 amide bonds. The summed E-state index contributed by atoms with van der Waals surface area (Å²) in [5.41, 5.74) is 2.72. The van der Waals surface area contributed by atoms with E-state index in [9.17, 15) is 9.59 Å². The Morgan fingerprint density at radius 1 is 1.24 bits per heavy atom. The minimum Gasteiger partial charge on any atom is -0.468 e. The average molecular weight is 470 g/mol. The first-order valence-corrected chi connectivity index (χ1v) is 9.95. The summed E-state index contributed by atoms with van der Waals surface area (Å²) < 4.78 is 7.48. The summed E-state index contributed by atoms with van der Waals surface area (Å²) in [5, 5.41) is 4.22. The molecule has 2 heterocycles. The van der Waals surface area contributed by atoms with Gasteiger partial charge in [0.05, 0.1) is 12.8 Å². The van der Waals surface area contributed by atoms with Gasteiger partial charge >= 0.3 is 5.97 Å². The number of anilines is 1. The molecular formula is C21H16BrN3O3S. The number of rotatable bonds is 4. The fourth-order valence-corrected chi connectivity index (χ4v) is 3.91. The van der Waals surface area contributed by atoms with Gasteiger partial charge in [0.1, 0.15) is 12.2 Å². The van der Waals surface area contributed by atoms with Gasteiger partial charge in [-0.15, -0.1) is 0 Å². The van der Waals surface area contributed by atoms with Crippen LogP contribution >= 0.6 is 28.1 Å². The second kappa shape index (κ2) is 7.81. The smallest absolute Gasteiger partial charge is 0.325 e. The Bertz CT molecular complexity index is 1170. The lowest BCUT2D eigenvalue weighted by atomic mass is 10.1. The van der Waals surface area contributed by atoms with Crippen LogP contribution in [0.2, 0.25) is 0 Å². The standard InChI is InChI=1S/C21H16BrN3O3S/c1-28-19(26)12-24-11-13(16-10-14(22)7-8-18(16)24)9-17-20(27)25(21(29)23-17)15-5-3-2-4-6-15/h2-11H,12H2,1H3,(H,23,29)/b17-9-. The predicted octanol–water partition coefficient (Wildman–Crippen LogP) is 3.84. The Morgan fingerprint density at radius 2 is 2.00 bits per heavy atom. The molecule has 1 aromatic heterocycles. The molecule has 0 radical (unpaired) electrons. The number of esters is 1. The van der Waals surface area contributed by atoms with Gasteiger partial charge in [-0.05, 0) is 48.6 Å². The zero-order chi connectivity index (χ0) is 20.5. The van der Waals surface area contributed by atoms with Gasteiger partial charge in [-0.2, -0.15) is 0 Å². The number of methoxy groups -OCH3 is 1. The summed E-state index contributed by atoms with van der Waals surface area (Å²) in [5.74, 6) is -0.583. The third kappa shape index (κ3) is 3.68. The number of ether oxygens (including phenoxy) is 1. The van der Waals surface area contributed by atoms with Crippen LogP contribution in [0.1, 0.15) is 5.56 Å². The fourth-order valence-electron chi connectivity index (χ4n) is 3.25. The minimum atomic E-state index is -0.351. The van der Waals surface area contributed by atoms with Crippen LogP contribution in [0.3, 0.4) is 0 Å². The quantitative estimate of drug-likeness (QED) is 0.357. The molecule has 1 saturated heterocycles. The molecule has 0 bridgehead atoms. The van der Waals surface area contributed by atoms with E-state index in [1.165, 1.54) is 12.0 Å². The molecule has 6 nitrogen and oxygen atoms in total. The normalized spacial score (nSPS) is 15.2. The molecule has 1 aliphatic heterocycles. The molecule has 0 aliphatic carbocycles. The molecule has 0 atom stereocenters. The molecule has 1 N–H and O–H groups in total. The predicted molar refractivity (Wildman–Crippen MR) is 119 cm³/mol. The van der Waals surface area contributed by atoms with Gasteiger partial charge in [-0.3, -0.25) is 14.5 Å². The van der Waals surface area contributed by atoms with Crippen LogP contribution in [-0.4, -0.2) is 28.7 Å². The lowest BCUT2D eigenvalue weighted by molar-refractivity contribution is -0.141. The lowest BCUT2D eigenvalue weighted by Gasteiger charge is -2.13. The number of para-hydroxylation sites is 1. The van der Waals surface area contributed by atoms with Crippen molar-refractivity contribution >= 4 is 67.8 Å². The average Bonchev–Trinajstić information content (AvgIpc) is 3.18. The number of carbonyl (C=O) groups excluding carboxylic acids is 2. The van der Waals surface area contributed by atoms with Gasteiger partial charge in [-0.1, -0.05) is 34.1 Å². The van der Waals surface area contributed by atoms with E-state index in [-0.39, 0.29) is 18.4 Å². The zero-order valence-corrected chi connectivity index (χ0v) is 17.8. The fraction of sp³-hybridized carbons (Fsp3) is 0.0952. The van der Waals surface area contributed by atoms with Crippen molar-refractivity contribution in [3.05, 3.63) is 70.5 Å². The summed E-state index contributed by atoms with van der Waals surface area (Å²) in [7, 11) is 1.35. The van der Waals surface area contributed by atoms with Crippen LogP contribution < -0.4 is 10.2 Å². The van der Waals surface area contributed by atoms with Gasteiger partial charge in [0.15, 0.2) is 5.11 Å². The highest BCUT2D eigenvalue weighted by atomic mass is 79.9. The topological polar surface area (TPSA) is 63.6 Å². The Labute approximate surface area is 180 Å². The third-order valence-electron chi connectivity index (χ3n) is 4.59. The van der Waals surface area contributed by atoms with Gasteiger partial charge in [-0.25, -0.2) is 0 Å². The highest BCUT2D eigenvalue weighted by Gasteiger charge is 2.32. The third-order valence-corrected chi connectivity index (χ3v) is 5.37. The number of halogens is 1. The van der Waals surface area contributed by atoms with E-state index < -0.39 is 0 Å². The van der Waals surface area contributed by atoms with Crippen molar-refractivity contribution in [2.24, 2.45) is 0 Å². The molecule has 29 heavy (non-hydrogen) atoms. The molecule has 1 aliphatic rings. The van der Waals surface area contributed by atoms with Crippen LogP contribution in [0.25, 0.3) is 17.0 Å². The van der Waals surface area contributed by atoms with Gasteiger partial charge in [0, 0.05) is 27.1 Å². The van der Waals surface area contributed by atoms with Crippen LogP contribution in [-0.2, 0) is 20.9 Å². The molecule has 0 spiro atoms. The zero-order valence-electron chi connectivity index (χ0n) is 15.4. The maximum Gasteiger partial charge on any atom is 0.325 e.